The van der Waals surface area contributed by atoms with Gasteiger partial charge in [-0.2, -0.15) is 0 Å². The molecule has 0 radical (unpaired) electrons. The highest BCUT2D eigenvalue weighted by Crippen LogP contribution is 2.28. The Balaban J connectivity index is 5.65. The summed E-state index contributed by atoms with van der Waals surface area (Å²) in [6.07, 6.45) is 2.37. The standard InChI is InChI=1S/C15H36N4/c1-10-12-19(13-11-2)15(17(6)7,18(8)9)14(3)16(4)5/h14H,10-13H2,1-9H3. The van der Waals surface area contributed by atoms with E-state index in [1.165, 1.54) is 12.8 Å². The SMILES string of the molecule is CCCN(CCC)C(C(C)N(C)C)(N(C)C)N(C)C. The van der Waals surface area contributed by atoms with Crippen LogP contribution in [0.25, 0.3) is 0 Å². The van der Waals surface area contributed by atoms with Gasteiger partial charge in [0.15, 0.2) is 0 Å². The van der Waals surface area contributed by atoms with E-state index in [4.69, 9.17) is 0 Å². The fourth-order valence-corrected chi connectivity index (χ4v) is 3.30. The molecule has 0 saturated heterocycles. The van der Waals surface area contributed by atoms with Crippen LogP contribution >= 0.6 is 0 Å². The Morgan fingerprint density at radius 2 is 1.16 bits per heavy atom. The second kappa shape index (κ2) is 8.20. The molecule has 19 heavy (non-hydrogen) atoms. The Kier molecular flexibility index (Phi) is 8.13. The first kappa shape index (κ1) is 18.8. The molecule has 116 valence electrons. The zero-order valence-electron chi connectivity index (χ0n) is 14.7. The lowest BCUT2D eigenvalue weighted by molar-refractivity contribution is -0.169. The monoisotopic (exact) mass is 272 g/mol. The van der Waals surface area contributed by atoms with E-state index in [-0.39, 0.29) is 5.79 Å². The van der Waals surface area contributed by atoms with Crippen molar-refractivity contribution in [1.82, 2.24) is 19.6 Å². The van der Waals surface area contributed by atoms with Crippen LogP contribution in [0.1, 0.15) is 33.6 Å². The molecule has 0 fully saturated rings. The van der Waals surface area contributed by atoms with Gasteiger partial charge in [-0.3, -0.25) is 14.7 Å². The lowest BCUT2D eigenvalue weighted by Crippen LogP contribution is -2.74. The minimum Gasteiger partial charge on any atom is -0.302 e. The van der Waals surface area contributed by atoms with Crippen molar-refractivity contribution >= 4 is 0 Å². The van der Waals surface area contributed by atoms with Crippen molar-refractivity contribution in [3.8, 4) is 0 Å². The van der Waals surface area contributed by atoms with Crippen LogP contribution in [0.4, 0.5) is 0 Å². The summed E-state index contributed by atoms with van der Waals surface area (Å²) in [5, 5.41) is 0. The Bertz CT molecular complexity index is 224. The molecule has 0 aliphatic carbocycles. The molecule has 0 aliphatic heterocycles. The Morgan fingerprint density at radius 3 is 1.37 bits per heavy atom. The van der Waals surface area contributed by atoms with Gasteiger partial charge in [0, 0.05) is 13.1 Å². The lowest BCUT2D eigenvalue weighted by atomic mass is 10.0. The molecule has 0 aliphatic rings. The van der Waals surface area contributed by atoms with Gasteiger partial charge in [0.05, 0.1) is 6.04 Å². The molecule has 0 heterocycles. The number of rotatable bonds is 9. The van der Waals surface area contributed by atoms with Gasteiger partial charge in [0.1, 0.15) is 5.79 Å². The van der Waals surface area contributed by atoms with Crippen molar-refractivity contribution < 1.29 is 0 Å². The number of hydrogen-bond donors (Lipinski definition) is 0. The Morgan fingerprint density at radius 1 is 0.789 bits per heavy atom. The third-order valence-electron chi connectivity index (χ3n) is 4.10. The molecule has 0 saturated carbocycles. The summed E-state index contributed by atoms with van der Waals surface area (Å²) >= 11 is 0. The lowest BCUT2D eigenvalue weighted by Gasteiger charge is -2.57. The van der Waals surface area contributed by atoms with E-state index in [0.29, 0.717) is 6.04 Å². The van der Waals surface area contributed by atoms with Gasteiger partial charge in [-0.15, -0.1) is 0 Å². The average molecular weight is 272 g/mol. The van der Waals surface area contributed by atoms with Crippen molar-refractivity contribution in [2.75, 3.05) is 55.4 Å². The van der Waals surface area contributed by atoms with E-state index in [1.807, 2.05) is 0 Å². The normalized spacial score (nSPS) is 15.0. The topological polar surface area (TPSA) is 13.0 Å². The molecule has 0 amide bonds. The average Bonchev–Trinajstić information content (AvgIpc) is 2.29. The highest BCUT2D eigenvalue weighted by molar-refractivity contribution is 4.94. The molecule has 0 aromatic heterocycles. The second-order valence-corrected chi connectivity index (χ2v) is 6.10. The molecule has 0 spiro atoms. The maximum absolute atomic E-state index is 2.62. The molecular weight excluding hydrogens is 236 g/mol. The first-order chi connectivity index (χ1) is 8.76. The van der Waals surface area contributed by atoms with Crippen molar-refractivity contribution in [1.29, 1.82) is 0 Å². The number of nitrogens with zero attached hydrogens (tertiary/aromatic N) is 4. The number of hydrogen-bond acceptors (Lipinski definition) is 4. The predicted molar refractivity (Wildman–Crippen MR) is 85.4 cm³/mol. The van der Waals surface area contributed by atoms with Crippen molar-refractivity contribution in [3.05, 3.63) is 0 Å². The van der Waals surface area contributed by atoms with Gasteiger partial charge in [-0.1, -0.05) is 13.8 Å². The van der Waals surface area contributed by atoms with Gasteiger partial charge < -0.3 is 4.90 Å². The van der Waals surface area contributed by atoms with Crippen LogP contribution in [0.2, 0.25) is 0 Å². The van der Waals surface area contributed by atoms with Gasteiger partial charge in [-0.05, 0) is 62.1 Å². The summed E-state index contributed by atoms with van der Waals surface area (Å²) < 4.78 is 0. The first-order valence-corrected chi connectivity index (χ1v) is 7.52. The fraction of sp³-hybridized carbons (Fsp3) is 1.00. The maximum atomic E-state index is 2.62. The van der Waals surface area contributed by atoms with Crippen LogP contribution < -0.4 is 0 Å². The summed E-state index contributed by atoms with van der Waals surface area (Å²) in [5.41, 5.74) is 0. The molecule has 1 unspecified atom stereocenters. The van der Waals surface area contributed by atoms with Gasteiger partial charge >= 0.3 is 0 Å². The first-order valence-electron chi connectivity index (χ1n) is 7.52. The zero-order chi connectivity index (χ0) is 15.2. The van der Waals surface area contributed by atoms with Crippen LogP contribution in [-0.4, -0.2) is 86.8 Å². The van der Waals surface area contributed by atoms with E-state index in [1.54, 1.807) is 0 Å². The van der Waals surface area contributed by atoms with Crippen LogP contribution in [0.15, 0.2) is 0 Å². The van der Waals surface area contributed by atoms with E-state index >= 15 is 0 Å². The minimum atomic E-state index is -0.0739. The molecule has 0 rings (SSSR count). The highest BCUT2D eigenvalue weighted by Gasteiger charge is 2.46. The molecule has 1 atom stereocenters. The maximum Gasteiger partial charge on any atom is 0.145 e. The zero-order valence-corrected chi connectivity index (χ0v) is 14.7. The third kappa shape index (κ3) is 3.91. The molecule has 0 aromatic rings. The Hall–Kier alpha value is -0.160. The Labute approximate surface area is 121 Å². The van der Waals surface area contributed by atoms with E-state index < -0.39 is 0 Å². The molecule has 4 nitrogen and oxygen atoms in total. The molecular formula is C15H36N4. The minimum absolute atomic E-state index is 0.0739. The van der Waals surface area contributed by atoms with Crippen LogP contribution in [0.3, 0.4) is 0 Å². The van der Waals surface area contributed by atoms with Crippen LogP contribution in [-0.2, 0) is 0 Å². The summed E-state index contributed by atoms with van der Waals surface area (Å²) in [4.78, 5) is 9.67. The predicted octanol–water partition coefficient (Wildman–Crippen LogP) is 1.84. The van der Waals surface area contributed by atoms with E-state index in [0.717, 1.165) is 13.1 Å². The molecule has 0 aromatic carbocycles. The van der Waals surface area contributed by atoms with E-state index in [2.05, 4.69) is 82.7 Å². The van der Waals surface area contributed by atoms with Gasteiger partial charge in [0.25, 0.3) is 0 Å². The van der Waals surface area contributed by atoms with Gasteiger partial charge in [-0.25, -0.2) is 0 Å². The molecule has 4 heteroatoms. The van der Waals surface area contributed by atoms with Crippen molar-refractivity contribution in [3.63, 3.8) is 0 Å². The van der Waals surface area contributed by atoms with Crippen molar-refractivity contribution in [2.24, 2.45) is 0 Å². The summed E-state index contributed by atoms with van der Waals surface area (Å²) in [6, 6.07) is 0.413. The largest absolute Gasteiger partial charge is 0.302 e. The molecule has 0 bridgehead atoms. The summed E-state index contributed by atoms with van der Waals surface area (Å²) in [7, 11) is 13.1. The number of likely N-dealkylation sites (N-methyl/N-ethyl adjacent to an activating group) is 3. The highest BCUT2D eigenvalue weighted by atomic mass is 15.6. The van der Waals surface area contributed by atoms with Crippen LogP contribution in [0.5, 0.6) is 0 Å². The van der Waals surface area contributed by atoms with Crippen molar-refractivity contribution in [2.45, 2.75) is 45.4 Å². The summed E-state index contributed by atoms with van der Waals surface area (Å²) in [6.45, 7) is 9.10. The third-order valence-corrected chi connectivity index (χ3v) is 4.10. The second-order valence-electron chi connectivity index (χ2n) is 6.10. The van der Waals surface area contributed by atoms with Crippen LogP contribution in [0, 0.1) is 0 Å². The quantitative estimate of drug-likeness (QED) is 0.594. The molecule has 0 N–H and O–H groups in total. The van der Waals surface area contributed by atoms with Gasteiger partial charge in [0.2, 0.25) is 0 Å². The van der Waals surface area contributed by atoms with E-state index in [9.17, 15) is 0 Å². The fourth-order valence-electron chi connectivity index (χ4n) is 3.30. The summed E-state index contributed by atoms with van der Waals surface area (Å²) in [5.74, 6) is -0.0739. The smallest absolute Gasteiger partial charge is 0.145 e.